The Morgan fingerprint density at radius 1 is 1.06 bits per heavy atom. The van der Waals surface area contributed by atoms with Gasteiger partial charge in [0.2, 0.25) is 5.43 Å². The van der Waals surface area contributed by atoms with Gasteiger partial charge in [0, 0.05) is 61.0 Å². The van der Waals surface area contributed by atoms with E-state index in [1.807, 2.05) is 28.8 Å². The van der Waals surface area contributed by atoms with E-state index < -0.39 is 5.91 Å². The van der Waals surface area contributed by atoms with Gasteiger partial charge >= 0.3 is 0 Å². The highest BCUT2D eigenvalue weighted by Crippen LogP contribution is 2.28. The van der Waals surface area contributed by atoms with E-state index in [4.69, 9.17) is 16.3 Å². The Morgan fingerprint density at radius 2 is 1.80 bits per heavy atom. The molecule has 35 heavy (non-hydrogen) atoms. The van der Waals surface area contributed by atoms with Crippen LogP contribution in [0.15, 0.2) is 53.6 Å². The van der Waals surface area contributed by atoms with Crippen LogP contribution in [0.3, 0.4) is 0 Å². The Labute approximate surface area is 208 Å². The molecular formula is C27H28ClN3O4. The molecule has 1 fully saturated rings. The fourth-order valence-electron chi connectivity index (χ4n) is 4.76. The maximum atomic E-state index is 13.5. The van der Waals surface area contributed by atoms with Crippen molar-refractivity contribution in [2.75, 3.05) is 32.9 Å². The summed E-state index contributed by atoms with van der Waals surface area (Å²) in [5.41, 5.74) is 3.66. The standard InChI is InChI=1S/C27H28ClN3O4/c28-21-5-3-18(4-6-21)14-29-27(34)24-17-31-16-20(2-1-9-32)22-12-19(13-23(25(22)31)26(24)33)15-30-7-10-35-11-8-30/h3-6,12-13,16-17,32H,1-2,7-11,14-15H2,(H,29,34). The van der Waals surface area contributed by atoms with E-state index in [2.05, 4.69) is 16.3 Å². The lowest BCUT2D eigenvalue weighted by Gasteiger charge is -2.26. The van der Waals surface area contributed by atoms with Crippen molar-refractivity contribution in [2.45, 2.75) is 25.9 Å². The minimum absolute atomic E-state index is 0.0973. The monoisotopic (exact) mass is 493 g/mol. The van der Waals surface area contributed by atoms with Crippen molar-refractivity contribution in [3.8, 4) is 0 Å². The van der Waals surface area contributed by atoms with Gasteiger partial charge in [-0.15, -0.1) is 0 Å². The molecule has 1 saturated heterocycles. The van der Waals surface area contributed by atoms with Gasteiger partial charge in [0.05, 0.1) is 18.7 Å². The van der Waals surface area contributed by atoms with Crippen LogP contribution in [0.2, 0.25) is 5.02 Å². The number of hydrogen-bond donors (Lipinski definition) is 2. The molecule has 1 aliphatic rings. The number of rotatable bonds is 8. The average molecular weight is 494 g/mol. The number of nitrogens with zero attached hydrogens (tertiary/aromatic N) is 2. The first-order valence-corrected chi connectivity index (χ1v) is 12.3. The van der Waals surface area contributed by atoms with Crippen molar-refractivity contribution < 1.29 is 14.6 Å². The molecule has 1 amide bonds. The van der Waals surface area contributed by atoms with Crippen molar-refractivity contribution in [2.24, 2.45) is 0 Å². The second kappa shape index (κ2) is 10.3. The highest BCUT2D eigenvalue weighted by molar-refractivity contribution is 6.30. The molecule has 5 rings (SSSR count). The third kappa shape index (κ3) is 5.04. The lowest BCUT2D eigenvalue weighted by molar-refractivity contribution is 0.0342. The highest BCUT2D eigenvalue weighted by Gasteiger charge is 2.20. The van der Waals surface area contributed by atoms with Crippen molar-refractivity contribution >= 4 is 33.8 Å². The third-order valence-electron chi connectivity index (χ3n) is 6.55. The number of nitrogens with one attached hydrogen (secondary N) is 1. The topological polar surface area (TPSA) is 83.3 Å². The van der Waals surface area contributed by atoms with E-state index in [1.54, 1.807) is 18.3 Å². The number of amides is 1. The van der Waals surface area contributed by atoms with Crippen LogP contribution >= 0.6 is 11.6 Å². The van der Waals surface area contributed by atoms with E-state index in [0.717, 1.165) is 40.7 Å². The summed E-state index contributed by atoms with van der Waals surface area (Å²) >= 11 is 5.94. The summed E-state index contributed by atoms with van der Waals surface area (Å²) in [4.78, 5) is 28.9. The molecule has 0 aliphatic carbocycles. The first-order valence-electron chi connectivity index (χ1n) is 11.9. The summed E-state index contributed by atoms with van der Waals surface area (Å²) in [6.45, 7) is 4.20. The van der Waals surface area contributed by atoms with Gasteiger partial charge in [-0.05, 0) is 53.8 Å². The number of benzene rings is 2. The van der Waals surface area contributed by atoms with Gasteiger partial charge in [-0.2, -0.15) is 0 Å². The first-order chi connectivity index (χ1) is 17.0. The molecule has 0 bridgehead atoms. The van der Waals surface area contributed by atoms with Crippen molar-refractivity contribution in [1.29, 1.82) is 0 Å². The van der Waals surface area contributed by atoms with Crippen LogP contribution in [0.5, 0.6) is 0 Å². The number of pyridine rings is 1. The van der Waals surface area contributed by atoms with Crippen LogP contribution in [-0.4, -0.2) is 53.2 Å². The molecule has 7 nitrogen and oxygen atoms in total. The molecule has 8 heteroatoms. The molecule has 0 saturated carbocycles. The van der Waals surface area contributed by atoms with Crippen LogP contribution in [0.1, 0.15) is 33.5 Å². The summed E-state index contributed by atoms with van der Waals surface area (Å²) in [5, 5.41) is 14.4. The zero-order valence-corrected chi connectivity index (χ0v) is 20.2. The molecule has 4 aromatic rings. The fraction of sp³-hybridized carbons (Fsp3) is 0.333. The predicted molar refractivity (Wildman–Crippen MR) is 136 cm³/mol. The number of halogens is 1. The number of aliphatic hydroxyl groups is 1. The quantitative estimate of drug-likeness (QED) is 0.394. The molecule has 2 aromatic carbocycles. The summed E-state index contributed by atoms with van der Waals surface area (Å²) in [7, 11) is 0. The fourth-order valence-corrected chi connectivity index (χ4v) is 4.88. The van der Waals surface area contributed by atoms with Crippen molar-refractivity contribution in [3.05, 3.63) is 86.3 Å². The average Bonchev–Trinajstić information content (AvgIpc) is 3.22. The maximum absolute atomic E-state index is 13.5. The second-order valence-corrected chi connectivity index (χ2v) is 9.43. The minimum atomic E-state index is -0.409. The Morgan fingerprint density at radius 3 is 2.54 bits per heavy atom. The van der Waals surface area contributed by atoms with Crippen molar-refractivity contribution in [1.82, 2.24) is 14.6 Å². The van der Waals surface area contributed by atoms with Crippen molar-refractivity contribution in [3.63, 3.8) is 0 Å². The van der Waals surface area contributed by atoms with Gasteiger partial charge in [-0.3, -0.25) is 14.5 Å². The maximum Gasteiger partial charge on any atom is 0.257 e. The largest absolute Gasteiger partial charge is 0.396 e. The number of ether oxygens (including phenoxy) is 1. The normalized spacial score (nSPS) is 14.7. The molecule has 0 atom stereocenters. The lowest BCUT2D eigenvalue weighted by Crippen LogP contribution is -2.35. The number of aryl methyl sites for hydroxylation is 1. The van der Waals surface area contributed by atoms with Gasteiger partial charge in [0.15, 0.2) is 0 Å². The van der Waals surface area contributed by atoms with E-state index in [-0.39, 0.29) is 17.6 Å². The number of carbonyl (C=O) groups is 1. The van der Waals surface area contributed by atoms with Crippen LogP contribution in [0.25, 0.3) is 16.3 Å². The Balaban J connectivity index is 1.52. The lowest BCUT2D eigenvalue weighted by atomic mass is 10.0. The number of hydrogen-bond acceptors (Lipinski definition) is 5. The molecule has 3 heterocycles. The molecular weight excluding hydrogens is 466 g/mol. The zero-order chi connectivity index (χ0) is 24.4. The number of aromatic nitrogens is 1. The summed E-state index contributed by atoms with van der Waals surface area (Å²) in [5.74, 6) is -0.409. The van der Waals surface area contributed by atoms with Crippen LogP contribution < -0.4 is 10.7 Å². The van der Waals surface area contributed by atoms with Gasteiger partial charge in [-0.1, -0.05) is 23.7 Å². The molecule has 1 aliphatic heterocycles. The SMILES string of the molecule is O=C(NCc1ccc(Cl)cc1)c1cn2cc(CCCO)c3cc(CN4CCOCC4)cc(c1=O)c32. The summed E-state index contributed by atoms with van der Waals surface area (Å²) < 4.78 is 7.35. The van der Waals surface area contributed by atoms with E-state index in [0.29, 0.717) is 49.6 Å². The molecule has 2 N–H and O–H groups in total. The predicted octanol–water partition coefficient (Wildman–Crippen LogP) is 3.23. The Bertz CT molecular complexity index is 1390. The molecule has 0 unspecified atom stereocenters. The van der Waals surface area contributed by atoms with E-state index >= 15 is 0 Å². The Kier molecular flexibility index (Phi) is 7.02. The van der Waals surface area contributed by atoms with E-state index in [9.17, 15) is 14.7 Å². The smallest absolute Gasteiger partial charge is 0.257 e. The summed E-state index contributed by atoms with van der Waals surface area (Å²) in [6, 6.07) is 11.3. The summed E-state index contributed by atoms with van der Waals surface area (Å²) in [6.07, 6.45) is 4.93. The minimum Gasteiger partial charge on any atom is -0.396 e. The van der Waals surface area contributed by atoms with Gasteiger partial charge in [0.25, 0.3) is 5.91 Å². The van der Waals surface area contributed by atoms with E-state index in [1.165, 1.54) is 0 Å². The third-order valence-corrected chi connectivity index (χ3v) is 6.80. The zero-order valence-electron chi connectivity index (χ0n) is 19.4. The van der Waals surface area contributed by atoms with Gasteiger partial charge in [-0.25, -0.2) is 0 Å². The molecule has 2 aromatic heterocycles. The van der Waals surface area contributed by atoms with Crippen LogP contribution in [0, 0.1) is 0 Å². The highest BCUT2D eigenvalue weighted by atomic mass is 35.5. The number of carbonyl (C=O) groups excluding carboxylic acids is 1. The molecule has 0 radical (unpaired) electrons. The molecule has 182 valence electrons. The van der Waals surface area contributed by atoms with Gasteiger partial charge in [0.1, 0.15) is 5.56 Å². The van der Waals surface area contributed by atoms with Crippen LogP contribution in [0.4, 0.5) is 0 Å². The van der Waals surface area contributed by atoms with Gasteiger partial charge < -0.3 is 19.6 Å². The second-order valence-electron chi connectivity index (χ2n) is 9.00. The molecule has 0 spiro atoms. The van der Waals surface area contributed by atoms with Crippen LogP contribution in [-0.2, 0) is 24.2 Å². The number of aliphatic hydroxyl groups excluding tert-OH is 1. The Hall–Kier alpha value is -2.97. The number of morpholine rings is 1. The first kappa shape index (κ1) is 23.8.